The summed E-state index contributed by atoms with van der Waals surface area (Å²) >= 11 is 0. The number of fused-ring (bicyclic) bond motifs is 1. The Morgan fingerprint density at radius 2 is 1.89 bits per heavy atom. The zero-order valence-corrected chi connectivity index (χ0v) is 11.8. The number of nitrogens with zero attached hydrogens (tertiary/aromatic N) is 1. The summed E-state index contributed by atoms with van der Waals surface area (Å²) < 4.78 is 2.32. The maximum Gasteiger partial charge on any atom is 0.213 e. The van der Waals surface area contributed by atoms with E-state index in [9.17, 15) is 0 Å². The molecule has 1 heterocycles. The van der Waals surface area contributed by atoms with Crippen LogP contribution < -0.4 is 4.57 Å². The van der Waals surface area contributed by atoms with Crippen molar-refractivity contribution < 1.29 is 4.57 Å². The van der Waals surface area contributed by atoms with Crippen LogP contribution in [0.5, 0.6) is 0 Å². The van der Waals surface area contributed by atoms with Gasteiger partial charge in [-0.1, -0.05) is 39.5 Å². The molecule has 0 saturated heterocycles. The minimum Gasteiger partial charge on any atom is -0.192 e. The van der Waals surface area contributed by atoms with Crippen molar-refractivity contribution in [1.29, 1.82) is 0 Å². The van der Waals surface area contributed by atoms with Crippen molar-refractivity contribution in [2.45, 2.75) is 39.7 Å². The first-order valence-electron chi connectivity index (χ1n) is 6.57. The highest BCUT2D eigenvalue weighted by atomic mass is 15.0. The summed E-state index contributed by atoms with van der Waals surface area (Å²) in [6.07, 6.45) is 1.95. The predicted octanol–water partition coefficient (Wildman–Crippen LogP) is 4.09. The summed E-state index contributed by atoms with van der Waals surface area (Å²) in [6.45, 7) is 13.9. The molecular formula is C17H22N+. The molecule has 18 heavy (non-hydrogen) atoms. The zero-order valence-electron chi connectivity index (χ0n) is 11.8. The van der Waals surface area contributed by atoms with Gasteiger partial charge in [-0.2, -0.15) is 4.57 Å². The monoisotopic (exact) mass is 240 g/mol. The van der Waals surface area contributed by atoms with Gasteiger partial charge in [0.15, 0.2) is 0 Å². The molecule has 0 spiro atoms. The van der Waals surface area contributed by atoms with Gasteiger partial charge in [0.25, 0.3) is 0 Å². The Morgan fingerprint density at radius 1 is 1.22 bits per heavy atom. The molecule has 0 fully saturated rings. The van der Waals surface area contributed by atoms with Crippen molar-refractivity contribution in [3.05, 3.63) is 48.2 Å². The molecule has 1 aromatic carbocycles. The smallest absolute Gasteiger partial charge is 0.192 e. The van der Waals surface area contributed by atoms with E-state index in [2.05, 4.69) is 69.2 Å². The van der Waals surface area contributed by atoms with Crippen molar-refractivity contribution in [2.75, 3.05) is 0 Å². The van der Waals surface area contributed by atoms with Gasteiger partial charge in [-0.3, -0.25) is 0 Å². The molecule has 1 aromatic heterocycles. The zero-order chi connectivity index (χ0) is 13.3. The molecule has 0 atom stereocenters. The lowest BCUT2D eigenvalue weighted by Gasteiger charge is -2.21. The largest absolute Gasteiger partial charge is 0.213 e. The van der Waals surface area contributed by atoms with Crippen LogP contribution >= 0.6 is 0 Å². The molecule has 2 rings (SSSR count). The third-order valence-corrected chi connectivity index (χ3v) is 3.42. The standard InChI is InChI=1S/C17H22N/c1-6-13-12-15(17(3,4)5)14-10-8-9-11-16(14)18(13)7-2/h6,8-12H,1,7H2,2-5H3/q+1. The summed E-state index contributed by atoms with van der Waals surface area (Å²) in [5.74, 6) is 0. The normalized spacial score (nSPS) is 11.8. The van der Waals surface area contributed by atoms with Crippen LogP contribution in [0.15, 0.2) is 36.9 Å². The minimum atomic E-state index is 0.143. The average molecular weight is 240 g/mol. The molecule has 0 saturated carbocycles. The van der Waals surface area contributed by atoms with Gasteiger partial charge in [-0.15, -0.1) is 0 Å². The third-order valence-electron chi connectivity index (χ3n) is 3.42. The predicted molar refractivity (Wildman–Crippen MR) is 78.6 cm³/mol. The first-order valence-corrected chi connectivity index (χ1v) is 6.57. The van der Waals surface area contributed by atoms with Crippen molar-refractivity contribution >= 4 is 17.0 Å². The number of hydrogen-bond donors (Lipinski definition) is 0. The number of rotatable bonds is 2. The Bertz CT molecular complexity index is 588. The molecule has 94 valence electrons. The number of hydrogen-bond acceptors (Lipinski definition) is 0. The minimum absolute atomic E-state index is 0.143. The Hall–Kier alpha value is -1.63. The second-order valence-electron chi connectivity index (χ2n) is 5.70. The fourth-order valence-electron chi connectivity index (χ4n) is 2.52. The van der Waals surface area contributed by atoms with Gasteiger partial charge < -0.3 is 0 Å². The summed E-state index contributed by atoms with van der Waals surface area (Å²) in [7, 11) is 0. The fourth-order valence-corrected chi connectivity index (χ4v) is 2.52. The van der Waals surface area contributed by atoms with E-state index in [1.54, 1.807) is 0 Å². The molecule has 0 unspecified atom stereocenters. The van der Waals surface area contributed by atoms with Gasteiger partial charge in [0, 0.05) is 18.2 Å². The molecule has 0 amide bonds. The van der Waals surface area contributed by atoms with Crippen molar-refractivity contribution in [3.63, 3.8) is 0 Å². The van der Waals surface area contributed by atoms with Gasteiger partial charge >= 0.3 is 0 Å². The van der Waals surface area contributed by atoms with Crippen molar-refractivity contribution in [2.24, 2.45) is 0 Å². The lowest BCUT2D eigenvalue weighted by atomic mass is 9.84. The molecular weight excluding hydrogens is 218 g/mol. The molecule has 2 aromatic rings. The van der Waals surface area contributed by atoms with Gasteiger partial charge in [-0.05, 0) is 24.0 Å². The highest BCUT2D eigenvalue weighted by Crippen LogP contribution is 2.29. The second-order valence-corrected chi connectivity index (χ2v) is 5.70. The van der Waals surface area contributed by atoms with E-state index in [-0.39, 0.29) is 5.41 Å². The number of para-hydroxylation sites is 1. The topological polar surface area (TPSA) is 3.88 Å². The molecule has 0 aliphatic heterocycles. The van der Waals surface area contributed by atoms with Crippen LogP contribution in [-0.2, 0) is 12.0 Å². The van der Waals surface area contributed by atoms with Crippen LogP contribution in [0.2, 0.25) is 0 Å². The van der Waals surface area contributed by atoms with E-state index in [1.807, 2.05) is 6.08 Å². The van der Waals surface area contributed by atoms with Crippen LogP contribution in [0.4, 0.5) is 0 Å². The Balaban J connectivity index is 2.93. The van der Waals surface area contributed by atoms with E-state index in [0.717, 1.165) is 6.54 Å². The van der Waals surface area contributed by atoms with Gasteiger partial charge in [-0.25, -0.2) is 0 Å². The third kappa shape index (κ3) is 2.05. The second kappa shape index (κ2) is 4.56. The maximum atomic E-state index is 3.95. The van der Waals surface area contributed by atoms with E-state index < -0.39 is 0 Å². The van der Waals surface area contributed by atoms with Crippen LogP contribution in [0.1, 0.15) is 39.0 Å². The molecule has 0 N–H and O–H groups in total. The van der Waals surface area contributed by atoms with Gasteiger partial charge in [0.1, 0.15) is 6.54 Å². The van der Waals surface area contributed by atoms with E-state index in [1.165, 1.54) is 22.2 Å². The molecule has 0 bridgehead atoms. The van der Waals surface area contributed by atoms with E-state index in [4.69, 9.17) is 0 Å². The average Bonchev–Trinajstić information content (AvgIpc) is 2.35. The van der Waals surface area contributed by atoms with Gasteiger partial charge in [0.2, 0.25) is 11.2 Å². The highest BCUT2D eigenvalue weighted by molar-refractivity contribution is 5.81. The summed E-state index contributed by atoms with van der Waals surface area (Å²) in [6, 6.07) is 10.9. The molecule has 1 heteroatoms. The number of aryl methyl sites for hydroxylation is 1. The maximum absolute atomic E-state index is 3.95. The van der Waals surface area contributed by atoms with E-state index >= 15 is 0 Å². The van der Waals surface area contributed by atoms with E-state index in [0.29, 0.717) is 0 Å². The van der Waals surface area contributed by atoms with Crippen LogP contribution in [0, 0.1) is 0 Å². The molecule has 0 aliphatic carbocycles. The fraction of sp³-hybridized carbons (Fsp3) is 0.353. The molecule has 0 radical (unpaired) electrons. The Kier molecular flexibility index (Phi) is 3.25. The lowest BCUT2D eigenvalue weighted by Crippen LogP contribution is -2.37. The van der Waals surface area contributed by atoms with Crippen LogP contribution in [0.3, 0.4) is 0 Å². The molecule has 1 nitrogen and oxygen atoms in total. The highest BCUT2D eigenvalue weighted by Gasteiger charge is 2.23. The first kappa shape index (κ1) is 12.8. The summed E-state index contributed by atoms with van der Waals surface area (Å²) in [5.41, 5.74) is 4.02. The van der Waals surface area contributed by atoms with Crippen molar-refractivity contribution in [1.82, 2.24) is 0 Å². The Morgan fingerprint density at radius 3 is 2.44 bits per heavy atom. The SMILES string of the molecule is C=Cc1cc(C(C)(C)C)c2ccccc2[n+]1CC. The number of aromatic nitrogens is 1. The first-order chi connectivity index (χ1) is 8.49. The number of benzene rings is 1. The summed E-state index contributed by atoms with van der Waals surface area (Å²) in [4.78, 5) is 0. The molecule has 0 aliphatic rings. The Labute approximate surface area is 110 Å². The van der Waals surface area contributed by atoms with Crippen LogP contribution in [0.25, 0.3) is 17.0 Å². The number of pyridine rings is 1. The van der Waals surface area contributed by atoms with Crippen molar-refractivity contribution in [3.8, 4) is 0 Å². The lowest BCUT2D eigenvalue weighted by molar-refractivity contribution is -0.669. The van der Waals surface area contributed by atoms with Crippen LogP contribution in [-0.4, -0.2) is 0 Å². The quantitative estimate of drug-likeness (QED) is 0.696. The van der Waals surface area contributed by atoms with Gasteiger partial charge in [0.05, 0.1) is 5.39 Å². The summed E-state index contributed by atoms with van der Waals surface area (Å²) in [5, 5.41) is 1.34.